The molecule has 0 bridgehead atoms. The third kappa shape index (κ3) is 3.82. The van der Waals surface area contributed by atoms with Crippen LogP contribution in [0.4, 0.5) is 0 Å². The molecule has 2 atom stereocenters. The topological polar surface area (TPSA) is 37.9 Å². The average Bonchev–Trinajstić information content (AvgIpc) is 3.36. The Hall–Kier alpha value is -4.21. The van der Waals surface area contributed by atoms with Crippen molar-refractivity contribution in [2.24, 2.45) is 15.9 Å². The number of halogens is 1. The Balaban J connectivity index is 1.44. The molecule has 38 heavy (non-hydrogen) atoms. The maximum Gasteiger partial charge on any atom is 0.155 e. The number of hydrogen-bond acceptors (Lipinski definition) is 3. The van der Waals surface area contributed by atoms with Gasteiger partial charge in [0.05, 0.1) is 16.8 Å². The lowest BCUT2D eigenvalue weighted by Gasteiger charge is -2.30. The Labute approximate surface area is 226 Å². The molecular formula is C34H25ClN2O. The van der Waals surface area contributed by atoms with Gasteiger partial charge in [-0.05, 0) is 52.6 Å². The Morgan fingerprint density at radius 3 is 2.34 bits per heavy atom. The van der Waals surface area contributed by atoms with Gasteiger partial charge >= 0.3 is 0 Å². The van der Waals surface area contributed by atoms with Gasteiger partial charge in [-0.2, -0.15) is 0 Å². The molecule has 0 fully saturated rings. The van der Waals surface area contributed by atoms with Crippen LogP contribution in [0.3, 0.4) is 0 Å². The highest BCUT2D eigenvalue weighted by atomic mass is 35.5. The third-order valence-electron chi connectivity index (χ3n) is 7.53. The van der Waals surface area contributed by atoms with Crippen LogP contribution in [-0.2, 0) is 0 Å². The normalized spacial score (nSPS) is 17.6. The minimum atomic E-state index is -0.135. The molecule has 0 N–H and O–H groups in total. The van der Waals surface area contributed by atoms with Crippen molar-refractivity contribution in [3.8, 4) is 0 Å². The van der Waals surface area contributed by atoms with Gasteiger partial charge in [-0.1, -0.05) is 103 Å². The molecular weight excluding hydrogens is 488 g/mol. The number of amidine groups is 1. The molecule has 0 saturated heterocycles. The Bertz CT molecular complexity index is 1880. The summed E-state index contributed by atoms with van der Waals surface area (Å²) in [5.74, 6) is 0.853. The van der Waals surface area contributed by atoms with E-state index in [1.807, 2.05) is 30.3 Å². The molecule has 1 aromatic heterocycles. The Morgan fingerprint density at radius 2 is 1.50 bits per heavy atom. The summed E-state index contributed by atoms with van der Waals surface area (Å²) in [5.41, 5.74) is 5.82. The van der Waals surface area contributed by atoms with Gasteiger partial charge in [-0.25, -0.2) is 4.99 Å². The van der Waals surface area contributed by atoms with E-state index in [2.05, 4.69) is 85.8 Å². The first-order valence-electron chi connectivity index (χ1n) is 13.0. The fraction of sp³-hybridized carbons (Fsp3) is 0.118. The Kier molecular flexibility index (Phi) is 5.60. The summed E-state index contributed by atoms with van der Waals surface area (Å²) < 4.78 is 6.11. The van der Waals surface area contributed by atoms with Gasteiger partial charge in [-0.3, -0.25) is 4.99 Å². The van der Waals surface area contributed by atoms with Crippen molar-refractivity contribution >= 4 is 55.9 Å². The number of para-hydroxylation sites is 1. The maximum absolute atomic E-state index is 6.84. The molecule has 0 saturated carbocycles. The van der Waals surface area contributed by atoms with Crippen molar-refractivity contribution in [2.75, 3.05) is 0 Å². The number of furan rings is 1. The molecule has 0 aliphatic carbocycles. The quantitative estimate of drug-likeness (QED) is 0.232. The van der Waals surface area contributed by atoms with Gasteiger partial charge in [0, 0.05) is 22.3 Å². The first-order chi connectivity index (χ1) is 18.7. The van der Waals surface area contributed by atoms with Gasteiger partial charge in [0.25, 0.3) is 0 Å². The fourth-order valence-corrected chi connectivity index (χ4v) is 5.92. The van der Waals surface area contributed by atoms with E-state index in [4.69, 9.17) is 26.0 Å². The zero-order valence-electron chi connectivity index (χ0n) is 20.9. The van der Waals surface area contributed by atoms with Gasteiger partial charge in [0.1, 0.15) is 5.58 Å². The van der Waals surface area contributed by atoms with Crippen LogP contribution in [0.2, 0.25) is 5.02 Å². The molecule has 2 unspecified atom stereocenters. The molecule has 1 aliphatic heterocycles. The molecule has 0 radical (unpaired) electrons. The second-order valence-electron chi connectivity index (χ2n) is 9.81. The highest BCUT2D eigenvalue weighted by Gasteiger charge is 2.32. The van der Waals surface area contributed by atoms with Crippen LogP contribution >= 0.6 is 11.6 Å². The smallest absolute Gasteiger partial charge is 0.155 e. The van der Waals surface area contributed by atoms with Gasteiger partial charge in [-0.15, -0.1) is 0 Å². The highest BCUT2D eigenvalue weighted by molar-refractivity contribution is 6.36. The SMILES string of the molecule is CCC1C(c2ccccc2)=NC(c2ccc3ccccc3c2)=NC1c1cc(Cl)c2oc3ccccc3c2c1. The average molecular weight is 513 g/mol. The minimum absolute atomic E-state index is 0.105. The van der Waals surface area contributed by atoms with Crippen LogP contribution < -0.4 is 0 Å². The Morgan fingerprint density at radius 1 is 0.737 bits per heavy atom. The molecule has 7 rings (SSSR count). The molecule has 6 aromatic rings. The molecule has 1 aliphatic rings. The summed E-state index contributed by atoms with van der Waals surface area (Å²) in [6.45, 7) is 2.21. The maximum atomic E-state index is 6.84. The van der Waals surface area contributed by atoms with Crippen molar-refractivity contribution in [1.29, 1.82) is 0 Å². The minimum Gasteiger partial charge on any atom is -0.454 e. The van der Waals surface area contributed by atoms with Crippen LogP contribution in [0.15, 0.2) is 124 Å². The lowest BCUT2D eigenvalue weighted by atomic mass is 9.83. The van der Waals surface area contributed by atoms with Gasteiger partial charge in [0.2, 0.25) is 0 Å². The standard InChI is InChI=1S/C34H25ClN2O/c1-2-26-31(22-11-4-3-5-12-22)36-34(24-17-16-21-10-6-7-13-23(21)18-24)37-32(26)25-19-28-27-14-8-9-15-30(27)38-33(28)29(35)20-25/h3-20,26,32H,2H2,1H3. The van der Waals surface area contributed by atoms with Crippen LogP contribution in [-0.4, -0.2) is 11.5 Å². The van der Waals surface area contributed by atoms with E-state index in [-0.39, 0.29) is 12.0 Å². The van der Waals surface area contributed by atoms with Crippen LogP contribution in [0.25, 0.3) is 32.7 Å². The number of hydrogen-bond donors (Lipinski definition) is 0. The lowest BCUT2D eigenvalue weighted by Crippen LogP contribution is -2.28. The van der Waals surface area contributed by atoms with E-state index >= 15 is 0 Å². The molecule has 0 amide bonds. The zero-order valence-corrected chi connectivity index (χ0v) is 21.7. The highest BCUT2D eigenvalue weighted by Crippen LogP contribution is 2.41. The molecule has 3 nitrogen and oxygen atoms in total. The van der Waals surface area contributed by atoms with Gasteiger partial charge < -0.3 is 4.42 Å². The first kappa shape index (κ1) is 22.9. The largest absolute Gasteiger partial charge is 0.454 e. The number of nitrogens with zero attached hydrogens (tertiary/aromatic N) is 2. The number of benzene rings is 5. The van der Waals surface area contributed by atoms with Crippen molar-refractivity contribution in [3.05, 3.63) is 131 Å². The van der Waals surface area contributed by atoms with Crippen LogP contribution in [0, 0.1) is 5.92 Å². The van der Waals surface area contributed by atoms with Crippen LogP contribution in [0.1, 0.15) is 36.1 Å². The van der Waals surface area contributed by atoms with Crippen molar-refractivity contribution in [2.45, 2.75) is 19.4 Å². The molecule has 4 heteroatoms. The van der Waals surface area contributed by atoms with Crippen molar-refractivity contribution < 1.29 is 4.42 Å². The monoisotopic (exact) mass is 512 g/mol. The predicted molar refractivity (Wildman–Crippen MR) is 159 cm³/mol. The fourth-order valence-electron chi connectivity index (χ4n) is 5.65. The summed E-state index contributed by atoms with van der Waals surface area (Å²) >= 11 is 6.84. The van der Waals surface area contributed by atoms with E-state index in [0.717, 1.165) is 56.6 Å². The van der Waals surface area contributed by atoms with E-state index in [0.29, 0.717) is 5.02 Å². The van der Waals surface area contributed by atoms with E-state index in [1.54, 1.807) is 0 Å². The lowest BCUT2D eigenvalue weighted by molar-refractivity contribution is 0.533. The number of rotatable bonds is 4. The summed E-state index contributed by atoms with van der Waals surface area (Å²) in [6, 6.07) is 37.5. The second-order valence-corrected chi connectivity index (χ2v) is 10.2. The predicted octanol–water partition coefficient (Wildman–Crippen LogP) is 9.41. The number of fused-ring (bicyclic) bond motifs is 4. The van der Waals surface area contributed by atoms with E-state index < -0.39 is 0 Å². The molecule has 0 spiro atoms. The molecule has 2 heterocycles. The van der Waals surface area contributed by atoms with E-state index in [9.17, 15) is 0 Å². The summed E-state index contributed by atoms with van der Waals surface area (Å²) in [5, 5.41) is 5.06. The molecule has 5 aromatic carbocycles. The third-order valence-corrected chi connectivity index (χ3v) is 7.81. The summed E-state index contributed by atoms with van der Waals surface area (Å²) in [4.78, 5) is 10.5. The zero-order chi connectivity index (χ0) is 25.6. The van der Waals surface area contributed by atoms with E-state index in [1.165, 1.54) is 10.8 Å². The number of aliphatic imine (C=N–C) groups is 2. The van der Waals surface area contributed by atoms with Crippen molar-refractivity contribution in [1.82, 2.24) is 0 Å². The first-order valence-corrected chi connectivity index (χ1v) is 13.4. The van der Waals surface area contributed by atoms with Gasteiger partial charge in [0.15, 0.2) is 11.4 Å². The molecule has 184 valence electrons. The summed E-state index contributed by atoms with van der Waals surface area (Å²) in [6.07, 6.45) is 0.898. The second kappa shape index (κ2) is 9.27. The summed E-state index contributed by atoms with van der Waals surface area (Å²) in [7, 11) is 0. The van der Waals surface area contributed by atoms with Crippen molar-refractivity contribution in [3.63, 3.8) is 0 Å². The van der Waals surface area contributed by atoms with Crippen LogP contribution in [0.5, 0.6) is 0 Å².